The summed E-state index contributed by atoms with van der Waals surface area (Å²) in [5.41, 5.74) is 3.20. The SMILES string of the molecule is COc1cc2ncnc(Nc3ccc(F)c(Cl)c3)c2cc1CC(=O)CCC(=O)NO. The topological polar surface area (TPSA) is 113 Å². The summed E-state index contributed by atoms with van der Waals surface area (Å²) >= 11 is 5.84. The molecular formula is C20H18ClFN4O4. The van der Waals surface area contributed by atoms with Crippen LogP contribution >= 0.6 is 11.6 Å². The number of nitrogens with zero attached hydrogens (tertiary/aromatic N) is 2. The molecule has 1 heterocycles. The summed E-state index contributed by atoms with van der Waals surface area (Å²) < 4.78 is 18.8. The minimum atomic E-state index is -0.633. The van der Waals surface area contributed by atoms with Gasteiger partial charge in [-0.1, -0.05) is 11.6 Å². The van der Waals surface area contributed by atoms with Crippen LogP contribution in [0.4, 0.5) is 15.9 Å². The molecule has 1 aromatic heterocycles. The van der Waals surface area contributed by atoms with Crippen molar-refractivity contribution >= 4 is 45.7 Å². The molecule has 30 heavy (non-hydrogen) atoms. The number of benzene rings is 2. The average Bonchev–Trinajstić information content (AvgIpc) is 2.74. The number of fused-ring (bicyclic) bond motifs is 1. The van der Waals surface area contributed by atoms with Crippen LogP contribution in [-0.4, -0.2) is 34.0 Å². The molecule has 0 bridgehead atoms. The molecule has 10 heteroatoms. The maximum Gasteiger partial charge on any atom is 0.243 e. The van der Waals surface area contributed by atoms with Gasteiger partial charge in [0, 0.05) is 42.0 Å². The average molecular weight is 433 g/mol. The number of halogens is 2. The highest BCUT2D eigenvalue weighted by Crippen LogP contribution is 2.31. The number of hydrogen-bond acceptors (Lipinski definition) is 7. The van der Waals surface area contributed by atoms with Crippen LogP contribution in [0, 0.1) is 5.82 Å². The Morgan fingerprint density at radius 1 is 1.20 bits per heavy atom. The zero-order valence-electron chi connectivity index (χ0n) is 15.9. The van der Waals surface area contributed by atoms with E-state index in [0.29, 0.717) is 33.7 Å². The lowest BCUT2D eigenvalue weighted by Gasteiger charge is -2.13. The minimum Gasteiger partial charge on any atom is -0.496 e. The molecule has 8 nitrogen and oxygen atoms in total. The number of Topliss-reactive ketones (excluding diaryl/α,β-unsaturated/α-hetero) is 1. The maximum absolute atomic E-state index is 13.4. The van der Waals surface area contributed by atoms with Crippen LogP contribution in [0.1, 0.15) is 18.4 Å². The van der Waals surface area contributed by atoms with Gasteiger partial charge in [-0.05, 0) is 24.3 Å². The molecule has 0 spiro atoms. The Bertz CT molecular complexity index is 1110. The summed E-state index contributed by atoms with van der Waals surface area (Å²) in [6, 6.07) is 7.61. The van der Waals surface area contributed by atoms with E-state index in [9.17, 15) is 14.0 Å². The van der Waals surface area contributed by atoms with Gasteiger partial charge in [-0.2, -0.15) is 0 Å². The summed E-state index contributed by atoms with van der Waals surface area (Å²) in [6.45, 7) is 0. The van der Waals surface area contributed by atoms with E-state index in [1.807, 2.05) is 0 Å². The van der Waals surface area contributed by atoms with Crippen molar-refractivity contribution in [3.05, 3.63) is 53.1 Å². The van der Waals surface area contributed by atoms with E-state index in [2.05, 4.69) is 15.3 Å². The number of hydrogen-bond donors (Lipinski definition) is 3. The number of amides is 1. The molecule has 0 saturated heterocycles. The zero-order chi connectivity index (χ0) is 21.7. The molecule has 3 aromatic rings. The van der Waals surface area contributed by atoms with Gasteiger partial charge in [0.1, 0.15) is 29.5 Å². The number of methoxy groups -OCH3 is 1. The van der Waals surface area contributed by atoms with E-state index < -0.39 is 11.7 Å². The largest absolute Gasteiger partial charge is 0.496 e. The standard InChI is InChI=1S/C20H18ClFN4O4/c1-30-18-9-17-14(7-11(18)6-13(27)3-5-19(28)26-29)20(24-10-23-17)25-12-2-4-16(22)15(21)8-12/h2,4,7-10,29H,3,5-6H2,1H3,(H,26,28)(H,23,24,25). The molecule has 156 valence electrons. The Morgan fingerprint density at radius 3 is 2.70 bits per heavy atom. The number of ether oxygens (including phenoxy) is 1. The van der Waals surface area contributed by atoms with Crippen molar-refractivity contribution in [2.45, 2.75) is 19.3 Å². The summed E-state index contributed by atoms with van der Waals surface area (Å²) in [7, 11) is 1.48. The van der Waals surface area contributed by atoms with E-state index >= 15 is 0 Å². The first kappa shape index (κ1) is 21.4. The number of anilines is 2. The van der Waals surface area contributed by atoms with Gasteiger partial charge in [-0.3, -0.25) is 14.8 Å². The van der Waals surface area contributed by atoms with Gasteiger partial charge in [-0.25, -0.2) is 19.8 Å². The van der Waals surface area contributed by atoms with Crippen LogP contribution in [0.15, 0.2) is 36.7 Å². The van der Waals surface area contributed by atoms with Crippen molar-refractivity contribution in [1.29, 1.82) is 0 Å². The van der Waals surface area contributed by atoms with Crippen LogP contribution in [0.3, 0.4) is 0 Å². The molecule has 3 N–H and O–H groups in total. The number of hydroxylamine groups is 1. The highest BCUT2D eigenvalue weighted by Gasteiger charge is 2.15. The minimum absolute atomic E-state index is 0.0224. The van der Waals surface area contributed by atoms with Gasteiger partial charge in [0.25, 0.3) is 0 Å². The third kappa shape index (κ3) is 5.00. The van der Waals surface area contributed by atoms with Crippen molar-refractivity contribution in [1.82, 2.24) is 15.4 Å². The molecule has 0 atom stereocenters. The zero-order valence-corrected chi connectivity index (χ0v) is 16.7. The number of carbonyl (C=O) groups is 2. The van der Waals surface area contributed by atoms with Crippen molar-refractivity contribution in [3.8, 4) is 5.75 Å². The maximum atomic E-state index is 13.4. The lowest BCUT2D eigenvalue weighted by molar-refractivity contribution is -0.131. The van der Waals surface area contributed by atoms with E-state index in [4.69, 9.17) is 21.5 Å². The van der Waals surface area contributed by atoms with E-state index in [0.717, 1.165) is 0 Å². The first-order chi connectivity index (χ1) is 14.4. The number of ketones is 1. The monoisotopic (exact) mass is 432 g/mol. The van der Waals surface area contributed by atoms with E-state index in [-0.39, 0.29) is 30.1 Å². The van der Waals surface area contributed by atoms with Crippen LogP contribution in [-0.2, 0) is 16.0 Å². The van der Waals surface area contributed by atoms with Crippen molar-refractivity contribution in [2.24, 2.45) is 0 Å². The highest BCUT2D eigenvalue weighted by atomic mass is 35.5. The van der Waals surface area contributed by atoms with Crippen LogP contribution in [0.2, 0.25) is 5.02 Å². The molecule has 3 rings (SSSR count). The number of aromatic nitrogens is 2. The second kappa shape index (κ2) is 9.47. The summed E-state index contributed by atoms with van der Waals surface area (Å²) in [5, 5.41) is 12.2. The second-order valence-corrected chi connectivity index (χ2v) is 6.81. The molecule has 0 unspecified atom stereocenters. The molecule has 0 fully saturated rings. The quantitative estimate of drug-likeness (QED) is 0.368. The molecule has 0 aliphatic carbocycles. The fraction of sp³-hybridized carbons (Fsp3) is 0.200. The number of carbonyl (C=O) groups excluding carboxylic acids is 2. The van der Waals surface area contributed by atoms with Gasteiger partial charge in [0.05, 0.1) is 17.6 Å². The number of rotatable bonds is 8. The molecule has 0 saturated carbocycles. The van der Waals surface area contributed by atoms with Gasteiger partial charge in [0.2, 0.25) is 5.91 Å². The van der Waals surface area contributed by atoms with Gasteiger partial charge in [0.15, 0.2) is 0 Å². The summed E-state index contributed by atoms with van der Waals surface area (Å²) in [6.07, 6.45) is 1.24. The third-order valence-electron chi connectivity index (χ3n) is 4.36. The molecule has 0 aliphatic rings. The first-order valence-corrected chi connectivity index (χ1v) is 9.27. The predicted molar refractivity (Wildman–Crippen MR) is 109 cm³/mol. The number of nitrogens with one attached hydrogen (secondary N) is 2. The Hall–Kier alpha value is -3.30. The van der Waals surface area contributed by atoms with Crippen LogP contribution in [0.5, 0.6) is 5.75 Å². The molecule has 0 aliphatic heterocycles. The van der Waals surface area contributed by atoms with Crippen LogP contribution in [0.25, 0.3) is 10.9 Å². The fourth-order valence-electron chi connectivity index (χ4n) is 2.88. The summed E-state index contributed by atoms with van der Waals surface area (Å²) in [4.78, 5) is 31.9. The molecule has 0 radical (unpaired) electrons. The van der Waals surface area contributed by atoms with Crippen molar-refractivity contribution < 1.29 is 23.9 Å². The van der Waals surface area contributed by atoms with Crippen molar-refractivity contribution in [3.63, 3.8) is 0 Å². The molecule has 1 amide bonds. The molecule has 2 aromatic carbocycles. The first-order valence-electron chi connectivity index (χ1n) is 8.89. The van der Waals surface area contributed by atoms with E-state index in [1.54, 1.807) is 12.1 Å². The van der Waals surface area contributed by atoms with Gasteiger partial charge in [-0.15, -0.1) is 0 Å². The van der Waals surface area contributed by atoms with Crippen LogP contribution < -0.4 is 15.5 Å². The lowest BCUT2D eigenvalue weighted by Crippen LogP contribution is -2.19. The van der Waals surface area contributed by atoms with E-state index in [1.165, 1.54) is 37.1 Å². The lowest BCUT2D eigenvalue weighted by atomic mass is 10.0. The Balaban J connectivity index is 1.92. The Labute approximate surface area is 176 Å². The fourth-order valence-corrected chi connectivity index (χ4v) is 3.06. The summed E-state index contributed by atoms with van der Waals surface area (Å²) in [5.74, 6) is -0.453. The normalized spacial score (nSPS) is 10.7. The third-order valence-corrected chi connectivity index (χ3v) is 4.65. The molecular weight excluding hydrogens is 415 g/mol. The second-order valence-electron chi connectivity index (χ2n) is 6.41. The smallest absolute Gasteiger partial charge is 0.243 e. The van der Waals surface area contributed by atoms with Gasteiger partial charge < -0.3 is 10.1 Å². The predicted octanol–water partition coefficient (Wildman–Crippen LogP) is 3.57. The van der Waals surface area contributed by atoms with Crippen molar-refractivity contribution in [2.75, 3.05) is 12.4 Å². The van der Waals surface area contributed by atoms with Gasteiger partial charge >= 0.3 is 0 Å². The Morgan fingerprint density at radius 2 is 2.00 bits per heavy atom. The Kier molecular flexibility index (Phi) is 6.76. The highest BCUT2D eigenvalue weighted by molar-refractivity contribution is 6.31.